The van der Waals surface area contributed by atoms with Gasteiger partial charge < -0.3 is 5.32 Å². The first-order chi connectivity index (χ1) is 13.0. The van der Waals surface area contributed by atoms with E-state index < -0.39 is 5.41 Å². The van der Waals surface area contributed by atoms with Crippen molar-refractivity contribution in [2.75, 3.05) is 5.32 Å². The van der Waals surface area contributed by atoms with Crippen LogP contribution in [0.3, 0.4) is 0 Å². The van der Waals surface area contributed by atoms with Crippen molar-refractivity contribution in [1.29, 1.82) is 5.26 Å². The van der Waals surface area contributed by atoms with Crippen molar-refractivity contribution in [3.05, 3.63) is 88.4 Å². The third kappa shape index (κ3) is 2.89. The maximum atomic E-state index is 12.9. The lowest BCUT2D eigenvalue weighted by molar-refractivity contribution is -0.120. The van der Waals surface area contributed by atoms with Gasteiger partial charge in [-0.2, -0.15) is 5.26 Å². The first-order valence-corrected chi connectivity index (χ1v) is 9.09. The molecule has 1 amide bonds. The zero-order valence-electron chi connectivity index (χ0n) is 14.8. The molecule has 1 heterocycles. The van der Waals surface area contributed by atoms with Crippen LogP contribution in [0.4, 0.5) is 5.69 Å². The molecule has 132 valence electrons. The summed E-state index contributed by atoms with van der Waals surface area (Å²) in [6.45, 7) is 1.93. The molecule has 1 N–H and O–H groups in total. The van der Waals surface area contributed by atoms with Gasteiger partial charge >= 0.3 is 0 Å². The van der Waals surface area contributed by atoms with Crippen LogP contribution in [0.1, 0.15) is 23.6 Å². The summed E-state index contributed by atoms with van der Waals surface area (Å²) in [5.41, 5.74) is 4.39. The Morgan fingerprint density at radius 1 is 1.07 bits per heavy atom. The lowest BCUT2D eigenvalue weighted by Crippen LogP contribution is -2.33. The molecule has 0 spiro atoms. The molecule has 1 unspecified atom stereocenters. The molecule has 3 nitrogen and oxygen atoms in total. The first-order valence-electron chi connectivity index (χ1n) is 8.72. The molecule has 0 radical (unpaired) electrons. The number of hydrogen-bond acceptors (Lipinski definition) is 2. The Morgan fingerprint density at radius 3 is 2.59 bits per heavy atom. The SMILES string of the molecule is CC1(Cc2ccccc2C#N)C(=O)Nc2cc(-c3ccccc3Cl)ccc21. The highest BCUT2D eigenvalue weighted by Crippen LogP contribution is 2.42. The van der Waals surface area contributed by atoms with Crippen LogP contribution in [0.15, 0.2) is 66.7 Å². The smallest absolute Gasteiger partial charge is 0.235 e. The van der Waals surface area contributed by atoms with E-state index in [1.54, 1.807) is 6.07 Å². The van der Waals surface area contributed by atoms with Crippen LogP contribution in [-0.2, 0) is 16.6 Å². The minimum Gasteiger partial charge on any atom is -0.325 e. The zero-order chi connectivity index (χ0) is 19.0. The fraction of sp³-hybridized carbons (Fsp3) is 0.130. The van der Waals surface area contributed by atoms with Gasteiger partial charge in [-0.15, -0.1) is 0 Å². The Labute approximate surface area is 163 Å². The number of amides is 1. The number of benzene rings is 3. The standard InChI is InChI=1S/C23H17ClN2O/c1-23(13-16-6-2-3-7-17(16)14-25)19-11-10-15(12-21(19)26-22(23)27)18-8-4-5-9-20(18)24/h2-12H,13H2,1H3,(H,26,27). The van der Waals surface area contributed by atoms with E-state index in [0.717, 1.165) is 27.9 Å². The van der Waals surface area contributed by atoms with Gasteiger partial charge in [0.15, 0.2) is 0 Å². The summed E-state index contributed by atoms with van der Waals surface area (Å²) in [4.78, 5) is 12.9. The second-order valence-corrected chi connectivity index (χ2v) is 7.38. The summed E-state index contributed by atoms with van der Waals surface area (Å²) in [7, 11) is 0. The third-order valence-electron chi connectivity index (χ3n) is 5.23. The second kappa shape index (κ2) is 6.57. The van der Waals surface area contributed by atoms with Crippen LogP contribution in [0.2, 0.25) is 5.02 Å². The molecular formula is C23H17ClN2O. The maximum absolute atomic E-state index is 12.9. The number of nitrogens with zero attached hydrogens (tertiary/aromatic N) is 1. The summed E-state index contributed by atoms with van der Waals surface area (Å²) < 4.78 is 0. The highest BCUT2D eigenvalue weighted by Gasteiger charge is 2.43. The Balaban J connectivity index is 1.76. The minimum absolute atomic E-state index is 0.0541. The van der Waals surface area contributed by atoms with E-state index in [0.29, 0.717) is 17.0 Å². The van der Waals surface area contributed by atoms with Crippen LogP contribution in [-0.4, -0.2) is 5.91 Å². The third-order valence-corrected chi connectivity index (χ3v) is 5.56. The van der Waals surface area contributed by atoms with E-state index in [1.165, 1.54) is 0 Å². The number of carbonyl (C=O) groups is 1. The van der Waals surface area contributed by atoms with Gasteiger partial charge in [0, 0.05) is 16.3 Å². The highest BCUT2D eigenvalue weighted by atomic mass is 35.5. The van der Waals surface area contributed by atoms with Crippen molar-refractivity contribution >= 4 is 23.2 Å². The van der Waals surface area contributed by atoms with Crippen LogP contribution in [0.25, 0.3) is 11.1 Å². The number of rotatable bonds is 3. The molecule has 0 aromatic heterocycles. The van der Waals surface area contributed by atoms with Gasteiger partial charge in [-0.05, 0) is 48.2 Å². The van der Waals surface area contributed by atoms with Gasteiger partial charge in [0.1, 0.15) is 0 Å². The van der Waals surface area contributed by atoms with Crippen LogP contribution >= 0.6 is 11.6 Å². The topological polar surface area (TPSA) is 52.9 Å². The van der Waals surface area contributed by atoms with E-state index in [-0.39, 0.29) is 5.91 Å². The molecule has 3 aromatic carbocycles. The van der Waals surface area contributed by atoms with Crippen molar-refractivity contribution in [3.63, 3.8) is 0 Å². The lowest BCUT2D eigenvalue weighted by Gasteiger charge is -2.23. The fourth-order valence-corrected chi connectivity index (χ4v) is 3.96. The van der Waals surface area contributed by atoms with Crippen LogP contribution in [0.5, 0.6) is 0 Å². The zero-order valence-corrected chi connectivity index (χ0v) is 15.5. The van der Waals surface area contributed by atoms with Crippen molar-refractivity contribution in [3.8, 4) is 17.2 Å². The molecule has 27 heavy (non-hydrogen) atoms. The molecule has 4 rings (SSSR count). The highest BCUT2D eigenvalue weighted by molar-refractivity contribution is 6.33. The van der Waals surface area contributed by atoms with Gasteiger partial charge in [0.05, 0.1) is 17.0 Å². The van der Waals surface area contributed by atoms with Crippen molar-refractivity contribution in [1.82, 2.24) is 0 Å². The normalized spacial score (nSPS) is 17.9. The van der Waals surface area contributed by atoms with Gasteiger partial charge in [0.25, 0.3) is 0 Å². The molecule has 0 saturated carbocycles. The van der Waals surface area contributed by atoms with Gasteiger partial charge in [-0.25, -0.2) is 0 Å². The summed E-state index contributed by atoms with van der Waals surface area (Å²) in [6, 6.07) is 23.2. The van der Waals surface area contributed by atoms with Gasteiger partial charge in [0.2, 0.25) is 5.91 Å². The Kier molecular flexibility index (Phi) is 4.22. The quantitative estimate of drug-likeness (QED) is 0.675. The molecule has 0 aliphatic carbocycles. The number of fused-ring (bicyclic) bond motifs is 1. The first kappa shape index (κ1) is 17.3. The van der Waals surface area contributed by atoms with Crippen molar-refractivity contribution in [2.24, 2.45) is 0 Å². The molecule has 1 atom stereocenters. The largest absolute Gasteiger partial charge is 0.325 e. The van der Waals surface area contributed by atoms with Gasteiger partial charge in [-0.3, -0.25) is 4.79 Å². The van der Waals surface area contributed by atoms with Crippen LogP contribution in [0, 0.1) is 11.3 Å². The Hall–Kier alpha value is -3.09. The molecule has 4 heteroatoms. The number of nitrogens with one attached hydrogen (secondary N) is 1. The molecule has 0 saturated heterocycles. The Morgan fingerprint density at radius 2 is 1.81 bits per heavy atom. The summed E-state index contributed by atoms with van der Waals surface area (Å²) in [5.74, 6) is -0.0541. The molecule has 1 aliphatic rings. The van der Waals surface area contributed by atoms with Crippen molar-refractivity contribution < 1.29 is 4.79 Å². The number of anilines is 1. The van der Waals surface area contributed by atoms with Crippen molar-refractivity contribution in [2.45, 2.75) is 18.8 Å². The predicted octanol–water partition coefficient (Wildman–Crippen LogP) is 5.33. The van der Waals surface area contributed by atoms with E-state index in [4.69, 9.17) is 11.6 Å². The number of halogens is 1. The second-order valence-electron chi connectivity index (χ2n) is 6.97. The predicted molar refractivity (Wildman–Crippen MR) is 108 cm³/mol. The molecule has 0 fully saturated rings. The summed E-state index contributed by atoms with van der Waals surface area (Å²) in [6.07, 6.45) is 0.473. The number of nitriles is 1. The lowest BCUT2D eigenvalue weighted by atomic mass is 9.77. The van der Waals surface area contributed by atoms with E-state index in [1.807, 2.05) is 67.6 Å². The van der Waals surface area contributed by atoms with Crippen LogP contribution < -0.4 is 5.32 Å². The average Bonchev–Trinajstić information content (AvgIpc) is 2.92. The average molecular weight is 373 g/mol. The number of carbonyl (C=O) groups excluding carboxylic acids is 1. The van der Waals surface area contributed by atoms with Gasteiger partial charge in [-0.1, -0.05) is 60.1 Å². The number of hydrogen-bond donors (Lipinski definition) is 1. The molecule has 0 bridgehead atoms. The fourth-order valence-electron chi connectivity index (χ4n) is 3.71. The molecule has 1 aliphatic heterocycles. The molecule has 3 aromatic rings. The molecular weight excluding hydrogens is 356 g/mol. The van der Waals surface area contributed by atoms with E-state index in [9.17, 15) is 10.1 Å². The summed E-state index contributed by atoms with van der Waals surface area (Å²) in [5, 5.41) is 13.0. The van der Waals surface area contributed by atoms with E-state index >= 15 is 0 Å². The monoisotopic (exact) mass is 372 g/mol. The minimum atomic E-state index is -0.721. The summed E-state index contributed by atoms with van der Waals surface area (Å²) >= 11 is 6.32. The Bertz CT molecular complexity index is 1100. The maximum Gasteiger partial charge on any atom is 0.235 e. The van der Waals surface area contributed by atoms with E-state index in [2.05, 4.69) is 11.4 Å².